The number of carbonyl (C=O) groups excluding carboxylic acids is 1. The van der Waals surface area contributed by atoms with Crippen LogP contribution < -0.4 is 15.5 Å². The quantitative estimate of drug-likeness (QED) is 0.594. The van der Waals surface area contributed by atoms with E-state index in [1.807, 2.05) is 24.3 Å². The molecule has 1 aliphatic heterocycles. The van der Waals surface area contributed by atoms with Gasteiger partial charge in [0.15, 0.2) is 0 Å². The zero-order valence-corrected chi connectivity index (χ0v) is 16.9. The van der Waals surface area contributed by atoms with Gasteiger partial charge in [0.2, 0.25) is 0 Å². The SMILES string of the molecule is COc1ccc(Cl)cc1C(=O)Nc1ccc(C2=NNC(c3ccc(F)cc3)C2)cc1. The first-order valence-corrected chi connectivity index (χ1v) is 9.74. The Kier molecular flexibility index (Phi) is 5.68. The number of carbonyl (C=O) groups is 1. The van der Waals surface area contributed by atoms with Crippen LogP contribution in [-0.4, -0.2) is 18.7 Å². The molecule has 1 unspecified atom stereocenters. The summed E-state index contributed by atoms with van der Waals surface area (Å²) in [6.07, 6.45) is 0.692. The first-order valence-electron chi connectivity index (χ1n) is 9.36. The van der Waals surface area contributed by atoms with Gasteiger partial charge in [0.05, 0.1) is 24.4 Å². The van der Waals surface area contributed by atoms with Crippen LogP contribution in [0, 0.1) is 5.82 Å². The van der Waals surface area contributed by atoms with Crippen LogP contribution >= 0.6 is 11.6 Å². The molecule has 4 rings (SSSR count). The highest BCUT2D eigenvalue weighted by atomic mass is 35.5. The molecule has 0 aliphatic carbocycles. The van der Waals surface area contributed by atoms with E-state index in [0.29, 0.717) is 28.4 Å². The van der Waals surface area contributed by atoms with Gasteiger partial charge in [0.1, 0.15) is 11.6 Å². The summed E-state index contributed by atoms with van der Waals surface area (Å²) >= 11 is 6.00. The molecule has 0 saturated heterocycles. The van der Waals surface area contributed by atoms with Crippen LogP contribution in [0.15, 0.2) is 71.8 Å². The van der Waals surface area contributed by atoms with E-state index < -0.39 is 0 Å². The summed E-state index contributed by atoms with van der Waals surface area (Å²) < 4.78 is 18.4. The molecule has 0 spiro atoms. The third-order valence-corrected chi connectivity index (χ3v) is 5.14. The minimum Gasteiger partial charge on any atom is -0.496 e. The number of hydrogen-bond donors (Lipinski definition) is 2. The first-order chi connectivity index (χ1) is 14.5. The number of benzene rings is 3. The maximum absolute atomic E-state index is 13.1. The number of hydrazone groups is 1. The minimum atomic E-state index is -0.307. The zero-order valence-electron chi connectivity index (χ0n) is 16.2. The summed E-state index contributed by atoms with van der Waals surface area (Å²) in [6, 6.07) is 18.7. The van der Waals surface area contributed by atoms with E-state index in [4.69, 9.17) is 16.3 Å². The van der Waals surface area contributed by atoms with Crippen LogP contribution in [0.3, 0.4) is 0 Å². The van der Waals surface area contributed by atoms with Gasteiger partial charge < -0.3 is 15.5 Å². The van der Waals surface area contributed by atoms with Crippen LogP contribution in [0.25, 0.3) is 0 Å². The number of amides is 1. The highest BCUT2D eigenvalue weighted by Crippen LogP contribution is 2.26. The monoisotopic (exact) mass is 423 g/mol. The van der Waals surface area contributed by atoms with Gasteiger partial charge in [-0.15, -0.1) is 0 Å². The molecule has 3 aromatic rings. The lowest BCUT2D eigenvalue weighted by atomic mass is 9.99. The predicted octanol–water partition coefficient (Wildman–Crippen LogP) is 5.18. The van der Waals surface area contributed by atoms with Crippen molar-refractivity contribution in [3.05, 3.63) is 94.3 Å². The van der Waals surface area contributed by atoms with E-state index in [-0.39, 0.29) is 17.8 Å². The Labute approximate surface area is 178 Å². The second-order valence-corrected chi connectivity index (χ2v) is 7.31. The summed E-state index contributed by atoms with van der Waals surface area (Å²) in [4.78, 5) is 12.6. The van der Waals surface area contributed by atoms with Crippen molar-refractivity contribution in [1.29, 1.82) is 0 Å². The van der Waals surface area contributed by atoms with E-state index in [1.165, 1.54) is 19.2 Å². The van der Waals surface area contributed by atoms with Gasteiger partial charge in [0.25, 0.3) is 5.91 Å². The summed E-state index contributed by atoms with van der Waals surface area (Å²) in [6.45, 7) is 0. The van der Waals surface area contributed by atoms with Crippen molar-refractivity contribution in [1.82, 2.24) is 5.43 Å². The van der Waals surface area contributed by atoms with Crippen LogP contribution in [0.1, 0.15) is 33.9 Å². The predicted molar refractivity (Wildman–Crippen MR) is 116 cm³/mol. The van der Waals surface area contributed by atoms with Crippen LogP contribution in [0.5, 0.6) is 5.75 Å². The van der Waals surface area contributed by atoms with Crippen molar-refractivity contribution in [2.45, 2.75) is 12.5 Å². The van der Waals surface area contributed by atoms with E-state index >= 15 is 0 Å². The fraction of sp³-hybridized carbons (Fsp3) is 0.130. The van der Waals surface area contributed by atoms with Crippen LogP contribution in [0.4, 0.5) is 10.1 Å². The second-order valence-electron chi connectivity index (χ2n) is 6.87. The van der Waals surface area contributed by atoms with Crippen molar-refractivity contribution in [3.8, 4) is 5.75 Å². The van der Waals surface area contributed by atoms with E-state index in [0.717, 1.165) is 16.8 Å². The molecule has 1 amide bonds. The average molecular weight is 424 g/mol. The first kappa shape index (κ1) is 19.9. The third-order valence-electron chi connectivity index (χ3n) is 4.91. The van der Waals surface area contributed by atoms with Crippen molar-refractivity contribution in [2.75, 3.05) is 12.4 Å². The molecule has 0 fully saturated rings. The zero-order chi connectivity index (χ0) is 21.1. The minimum absolute atomic E-state index is 0.00951. The fourth-order valence-corrected chi connectivity index (χ4v) is 3.48. The summed E-state index contributed by atoms with van der Waals surface area (Å²) in [5.41, 5.74) is 6.94. The van der Waals surface area contributed by atoms with Crippen LogP contribution in [0.2, 0.25) is 5.02 Å². The Morgan fingerprint density at radius 1 is 1.13 bits per heavy atom. The Bertz CT molecular complexity index is 1100. The molecule has 0 aromatic heterocycles. The molecule has 7 heteroatoms. The molecule has 0 bridgehead atoms. The van der Waals surface area contributed by atoms with Crippen molar-refractivity contribution >= 4 is 28.9 Å². The molecule has 0 saturated carbocycles. The number of nitrogens with one attached hydrogen (secondary N) is 2. The Hall–Kier alpha value is -3.38. The van der Waals surface area contributed by atoms with Gasteiger partial charge in [-0.05, 0) is 53.6 Å². The smallest absolute Gasteiger partial charge is 0.259 e. The molecular weight excluding hydrogens is 405 g/mol. The largest absolute Gasteiger partial charge is 0.496 e. The molecule has 3 aromatic carbocycles. The Balaban J connectivity index is 1.43. The van der Waals surface area contributed by atoms with Gasteiger partial charge in [0, 0.05) is 17.1 Å². The fourth-order valence-electron chi connectivity index (χ4n) is 3.31. The molecule has 5 nitrogen and oxygen atoms in total. The summed E-state index contributed by atoms with van der Waals surface area (Å²) in [7, 11) is 1.50. The Morgan fingerprint density at radius 3 is 2.57 bits per heavy atom. The molecule has 0 radical (unpaired) electrons. The number of halogens is 2. The maximum Gasteiger partial charge on any atom is 0.259 e. The number of hydrogen-bond acceptors (Lipinski definition) is 4. The van der Waals surface area contributed by atoms with Crippen LogP contribution in [-0.2, 0) is 0 Å². The van der Waals surface area contributed by atoms with E-state index in [9.17, 15) is 9.18 Å². The normalized spacial score (nSPS) is 15.3. The molecule has 1 atom stereocenters. The van der Waals surface area contributed by atoms with E-state index in [1.54, 1.807) is 30.3 Å². The number of nitrogens with zero attached hydrogens (tertiary/aromatic N) is 1. The topological polar surface area (TPSA) is 62.7 Å². The van der Waals surface area contributed by atoms with Gasteiger partial charge in [-0.1, -0.05) is 35.9 Å². The van der Waals surface area contributed by atoms with Crippen molar-refractivity contribution < 1.29 is 13.9 Å². The van der Waals surface area contributed by atoms with E-state index in [2.05, 4.69) is 15.8 Å². The average Bonchev–Trinajstić information content (AvgIpc) is 3.25. The lowest BCUT2D eigenvalue weighted by Crippen LogP contribution is -2.13. The van der Waals surface area contributed by atoms with Crippen molar-refractivity contribution in [2.24, 2.45) is 5.10 Å². The number of methoxy groups -OCH3 is 1. The molecule has 1 aliphatic rings. The number of rotatable bonds is 5. The summed E-state index contributed by atoms with van der Waals surface area (Å²) in [5, 5.41) is 7.72. The van der Waals surface area contributed by atoms with Gasteiger partial charge >= 0.3 is 0 Å². The highest BCUT2D eigenvalue weighted by Gasteiger charge is 2.21. The van der Waals surface area contributed by atoms with Crippen molar-refractivity contribution in [3.63, 3.8) is 0 Å². The van der Waals surface area contributed by atoms with Gasteiger partial charge in [-0.3, -0.25) is 4.79 Å². The van der Waals surface area contributed by atoms with Gasteiger partial charge in [-0.25, -0.2) is 4.39 Å². The number of ether oxygens (including phenoxy) is 1. The lowest BCUT2D eigenvalue weighted by molar-refractivity contribution is 0.102. The lowest BCUT2D eigenvalue weighted by Gasteiger charge is -2.11. The second kappa shape index (κ2) is 8.55. The standard InChI is InChI=1S/C23H19ClFN3O2/c1-30-22-11-6-16(24)12-19(22)23(29)26-18-9-4-15(5-10-18)21-13-20(27-28-21)14-2-7-17(25)8-3-14/h2-12,20,27H,13H2,1H3,(H,26,29). The molecule has 30 heavy (non-hydrogen) atoms. The maximum atomic E-state index is 13.1. The molecule has 2 N–H and O–H groups in total. The molecular formula is C23H19ClFN3O2. The third kappa shape index (κ3) is 4.28. The van der Waals surface area contributed by atoms with Gasteiger partial charge in [-0.2, -0.15) is 5.10 Å². The molecule has 1 heterocycles. The highest BCUT2D eigenvalue weighted by molar-refractivity contribution is 6.31. The number of anilines is 1. The Morgan fingerprint density at radius 2 is 1.87 bits per heavy atom. The summed E-state index contributed by atoms with van der Waals surface area (Å²) in [5.74, 6) is -0.115. The molecule has 152 valence electrons.